The molecule has 12 heavy (non-hydrogen) atoms. The molecule has 2 heteroatoms. The van der Waals surface area contributed by atoms with Gasteiger partial charge in [-0.3, -0.25) is 0 Å². The van der Waals surface area contributed by atoms with Crippen molar-refractivity contribution in [1.29, 1.82) is 0 Å². The number of terminal acetylenes is 1. The van der Waals surface area contributed by atoms with Gasteiger partial charge < -0.3 is 0 Å². The number of aromatic nitrogens is 1. The first-order valence-electron chi connectivity index (χ1n) is 3.63. The van der Waals surface area contributed by atoms with Gasteiger partial charge in [-0.15, -0.1) is 17.8 Å². The van der Waals surface area contributed by atoms with Crippen LogP contribution in [0.1, 0.15) is 10.6 Å². The molecule has 0 bridgehead atoms. The Kier molecular flexibility index (Phi) is 1.60. The molecule has 1 nitrogen and oxygen atoms in total. The molecule has 0 saturated carbocycles. The van der Waals surface area contributed by atoms with Crippen molar-refractivity contribution in [3.8, 4) is 12.3 Å². The van der Waals surface area contributed by atoms with Gasteiger partial charge in [-0.1, -0.05) is 5.92 Å². The Bertz CT molecular complexity index is 462. The van der Waals surface area contributed by atoms with Crippen LogP contribution < -0.4 is 0 Å². The van der Waals surface area contributed by atoms with Gasteiger partial charge in [-0.25, -0.2) is 4.98 Å². The van der Waals surface area contributed by atoms with E-state index in [0.29, 0.717) is 0 Å². The third kappa shape index (κ3) is 1.09. The van der Waals surface area contributed by atoms with E-state index in [4.69, 9.17) is 6.42 Å². The van der Waals surface area contributed by atoms with Gasteiger partial charge in [0.15, 0.2) is 0 Å². The molecule has 0 unspecified atom stereocenters. The van der Waals surface area contributed by atoms with Crippen LogP contribution in [-0.4, -0.2) is 4.98 Å². The van der Waals surface area contributed by atoms with Gasteiger partial charge in [0.2, 0.25) is 0 Å². The summed E-state index contributed by atoms with van der Waals surface area (Å²) in [5, 5.41) is 1.08. The van der Waals surface area contributed by atoms with Crippen LogP contribution in [-0.2, 0) is 0 Å². The van der Waals surface area contributed by atoms with Gasteiger partial charge in [0, 0.05) is 5.56 Å². The summed E-state index contributed by atoms with van der Waals surface area (Å²) in [4.78, 5) is 4.34. The topological polar surface area (TPSA) is 12.9 Å². The van der Waals surface area contributed by atoms with Gasteiger partial charge in [0.25, 0.3) is 0 Å². The molecule has 58 valence electrons. The minimum atomic E-state index is 0.896. The van der Waals surface area contributed by atoms with E-state index in [1.54, 1.807) is 11.3 Å². The van der Waals surface area contributed by atoms with E-state index in [1.165, 1.54) is 4.70 Å². The molecule has 0 spiro atoms. The summed E-state index contributed by atoms with van der Waals surface area (Å²) in [6, 6.07) is 5.91. The first kappa shape index (κ1) is 7.33. The Morgan fingerprint density at radius 3 is 3.08 bits per heavy atom. The Balaban J connectivity index is 2.77. The summed E-state index contributed by atoms with van der Waals surface area (Å²) < 4.78 is 1.20. The van der Waals surface area contributed by atoms with Crippen LogP contribution in [0.3, 0.4) is 0 Å². The second-order valence-corrected chi connectivity index (χ2v) is 3.79. The number of benzene rings is 1. The Hall–Kier alpha value is -1.33. The molecule has 0 N–H and O–H groups in total. The average Bonchev–Trinajstić information content (AvgIpc) is 2.43. The van der Waals surface area contributed by atoms with Crippen molar-refractivity contribution in [2.24, 2.45) is 0 Å². The summed E-state index contributed by atoms with van der Waals surface area (Å²) in [6.07, 6.45) is 5.27. The van der Waals surface area contributed by atoms with Crippen molar-refractivity contribution in [2.45, 2.75) is 6.92 Å². The fourth-order valence-corrected chi connectivity index (χ4v) is 1.94. The molecule has 1 aromatic carbocycles. The highest BCUT2D eigenvalue weighted by Crippen LogP contribution is 2.21. The van der Waals surface area contributed by atoms with Crippen LogP contribution in [0.5, 0.6) is 0 Å². The van der Waals surface area contributed by atoms with Crippen LogP contribution >= 0.6 is 11.3 Å². The standard InChI is InChI=1S/C10H7NS/c1-3-8-4-5-10-9(6-8)11-7(2)12-10/h1,4-6H,2H3. The first-order chi connectivity index (χ1) is 5.79. The second-order valence-electron chi connectivity index (χ2n) is 2.56. The number of thiazole rings is 1. The van der Waals surface area contributed by atoms with Crippen molar-refractivity contribution in [3.05, 3.63) is 28.8 Å². The number of aryl methyl sites for hydroxylation is 1. The monoisotopic (exact) mass is 173 g/mol. The predicted molar refractivity (Wildman–Crippen MR) is 52.3 cm³/mol. The number of hydrogen-bond acceptors (Lipinski definition) is 2. The van der Waals surface area contributed by atoms with Gasteiger partial charge in [0.1, 0.15) is 0 Å². The smallest absolute Gasteiger partial charge is 0.0907 e. The van der Waals surface area contributed by atoms with E-state index in [2.05, 4.69) is 10.9 Å². The van der Waals surface area contributed by atoms with E-state index in [9.17, 15) is 0 Å². The molecule has 1 aromatic heterocycles. The van der Waals surface area contributed by atoms with Crippen molar-refractivity contribution < 1.29 is 0 Å². The Morgan fingerprint density at radius 1 is 1.50 bits per heavy atom. The molecular formula is C10H7NS. The number of hydrogen-bond donors (Lipinski definition) is 0. The predicted octanol–water partition coefficient (Wildman–Crippen LogP) is 2.59. The molecule has 0 aliphatic carbocycles. The fourth-order valence-electron chi connectivity index (χ4n) is 1.13. The van der Waals surface area contributed by atoms with Crippen LogP contribution in [0.15, 0.2) is 18.2 Å². The van der Waals surface area contributed by atoms with Gasteiger partial charge >= 0.3 is 0 Å². The maximum Gasteiger partial charge on any atom is 0.0907 e. The van der Waals surface area contributed by atoms with Gasteiger partial charge in [0.05, 0.1) is 15.2 Å². The van der Waals surface area contributed by atoms with Gasteiger partial charge in [-0.2, -0.15) is 0 Å². The molecular weight excluding hydrogens is 166 g/mol. The van der Waals surface area contributed by atoms with Crippen molar-refractivity contribution in [3.63, 3.8) is 0 Å². The van der Waals surface area contributed by atoms with E-state index in [1.807, 2.05) is 25.1 Å². The van der Waals surface area contributed by atoms with Crippen LogP contribution in [0.2, 0.25) is 0 Å². The molecule has 0 saturated heterocycles. The molecule has 0 atom stereocenters. The minimum Gasteiger partial charge on any atom is -0.241 e. The molecule has 0 fully saturated rings. The Labute approximate surface area is 75.1 Å². The Morgan fingerprint density at radius 2 is 2.33 bits per heavy atom. The molecule has 0 amide bonds. The highest BCUT2D eigenvalue weighted by molar-refractivity contribution is 7.18. The zero-order valence-electron chi connectivity index (χ0n) is 6.66. The minimum absolute atomic E-state index is 0.896. The molecule has 2 rings (SSSR count). The molecule has 2 aromatic rings. The van der Waals surface area contributed by atoms with Crippen LogP contribution in [0.25, 0.3) is 10.2 Å². The lowest BCUT2D eigenvalue weighted by atomic mass is 10.2. The van der Waals surface area contributed by atoms with E-state index in [0.717, 1.165) is 16.1 Å². The summed E-state index contributed by atoms with van der Waals surface area (Å²) in [7, 11) is 0. The zero-order valence-corrected chi connectivity index (χ0v) is 7.48. The number of nitrogens with zero attached hydrogens (tertiary/aromatic N) is 1. The number of fused-ring (bicyclic) bond motifs is 1. The normalized spacial score (nSPS) is 10.0. The molecule has 0 aliphatic heterocycles. The molecule has 0 aliphatic rings. The van der Waals surface area contributed by atoms with E-state index < -0.39 is 0 Å². The summed E-state index contributed by atoms with van der Waals surface area (Å²) in [5.41, 5.74) is 1.90. The maximum absolute atomic E-state index is 5.27. The van der Waals surface area contributed by atoms with E-state index in [-0.39, 0.29) is 0 Å². The average molecular weight is 173 g/mol. The SMILES string of the molecule is C#Cc1ccc2sc(C)nc2c1. The lowest BCUT2D eigenvalue weighted by Crippen LogP contribution is -1.73. The lowest BCUT2D eigenvalue weighted by molar-refractivity contribution is 1.35. The van der Waals surface area contributed by atoms with Crippen molar-refractivity contribution in [2.75, 3.05) is 0 Å². The maximum atomic E-state index is 5.27. The summed E-state index contributed by atoms with van der Waals surface area (Å²) in [5.74, 6) is 2.59. The first-order valence-corrected chi connectivity index (χ1v) is 4.45. The summed E-state index contributed by atoms with van der Waals surface area (Å²) in [6.45, 7) is 2.00. The quantitative estimate of drug-likeness (QED) is 0.558. The van der Waals surface area contributed by atoms with E-state index >= 15 is 0 Å². The number of rotatable bonds is 0. The molecule has 0 radical (unpaired) electrons. The van der Waals surface area contributed by atoms with Crippen LogP contribution in [0, 0.1) is 19.3 Å². The fraction of sp³-hybridized carbons (Fsp3) is 0.100. The third-order valence-corrected chi connectivity index (χ3v) is 2.61. The highest BCUT2D eigenvalue weighted by atomic mass is 32.1. The van der Waals surface area contributed by atoms with Gasteiger partial charge in [-0.05, 0) is 25.1 Å². The lowest BCUT2D eigenvalue weighted by Gasteiger charge is -1.88. The molecule has 1 heterocycles. The van der Waals surface area contributed by atoms with Crippen molar-refractivity contribution >= 4 is 21.6 Å². The largest absolute Gasteiger partial charge is 0.241 e. The second kappa shape index (κ2) is 2.62. The third-order valence-electron chi connectivity index (χ3n) is 1.66. The summed E-state index contributed by atoms with van der Waals surface area (Å²) >= 11 is 1.69. The van der Waals surface area contributed by atoms with Crippen molar-refractivity contribution in [1.82, 2.24) is 4.98 Å². The highest BCUT2D eigenvalue weighted by Gasteiger charge is 1.99. The van der Waals surface area contributed by atoms with Crippen LogP contribution in [0.4, 0.5) is 0 Å². The zero-order chi connectivity index (χ0) is 8.55.